The number of para-hydroxylation sites is 3. The van der Waals surface area contributed by atoms with Gasteiger partial charge in [0.05, 0.1) is 33.1 Å². The van der Waals surface area contributed by atoms with Crippen LogP contribution in [-0.2, 0) is 0 Å². The zero-order valence-corrected chi connectivity index (χ0v) is 28.4. The summed E-state index contributed by atoms with van der Waals surface area (Å²) in [7, 11) is 0. The smallest absolute Gasteiger partial charge is 0.165 e. The highest BCUT2D eigenvalue weighted by molar-refractivity contribution is 6.24. The molecule has 52 heavy (non-hydrogen) atoms. The Hall–Kier alpha value is -6.78. The number of rotatable bonds is 4. The quantitative estimate of drug-likeness (QED) is 0.188. The largest absolute Gasteiger partial charge is 0.309 e. The Balaban J connectivity index is 1.27. The van der Waals surface area contributed by atoms with Gasteiger partial charge in [-0.1, -0.05) is 127 Å². The summed E-state index contributed by atoms with van der Waals surface area (Å²) in [6.07, 6.45) is 9.06. The molecule has 3 aromatic heterocycles. The van der Waals surface area contributed by atoms with E-state index >= 15 is 0 Å². The first-order chi connectivity index (χ1) is 25.8. The minimum absolute atomic E-state index is 0.819. The van der Waals surface area contributed by atoms with Crippen molar-refractivity contribution in [2.75, 3.05) is 0 Å². The molecule has 0 atom stereocenters. The molecule has 1 aliphatic carbocycles. The second-order valence-corrected chi connectivity index (χ2v) is 13.7. The van der Waals surface area contributed by atoms with E-state index in [4.69, 9.17) is 9.97 Å². The molecule has 0 N–H and O–H groups in total. The molecule has 0 aliphatic heterocycles. The second-order valence-electron chi connectivity index (χ2n) is 13.7. The Bertz CT molecular complexity index is 3120. The highest BCUT2D eigenvalue weighted by Crippen LogP contribution is 2.43. The van der Waals surface area contributed by atoms with Gasteiger partial charge in [0.2, 0.25) is 0 Å². The van der Waals surface area contributed by atoms with Crippen LogP contribution in [0.25, 0.3) is 99.3 Å². The molecule has 0 fully saturated rings. The van der Waals surface area contributed by atoms with Crippen molar-refractivity contribution < 1.29 is 0 Å². The normalized spacial score (nSPS) is 13.3. The highest BCUT2D eigenvalue weighted by Gasteiger charge is 2.23. The van der Waals surface area contributed by atoms with E-state index in [1.54, 1.807) is 0 Å². The average molecular weight is 665 g/mol. The third kappa shape index (κ3) is 4.34. The van der Waals surface area contributed by atoms with Gasteiger partial charge in [-0.3, -0.25) is 4.57 Å². The molecule has 0 saturated carbocycles. The highest BCUT2D eigenvalue weighted by atomic mass is 15.1. The van der Waals surface area contributed by atoms with E-state index < -0.39 is 0 Å². The number of fused-ring (bicyclic) bond motifs is 9. The van der Waals surface area contributed by atoms with Gasteiger partial charge in [0.15, 0.2) is 5.82 Å². The molecule has 244 valence electrons. The molecule has 4 nitrogen and oxygen atoms in total. The fraction of sp³-hybridized carbons (Fsp3) is 0.0417. The Labute approximate surface area is 300 Å². The molecule has 0 radical (unpaired) electrons. The van der Waals surface area contributed by atoms with Gasteiger partial charge in [0, 0.05) is 38.2 Å². The van der Waals surface area contributed by atoms with Crippen LogP contribution in [0.15, 0.2) is 170 Å². The van der Waals surface area contributed by atoms with E-state index in [0.29, 0.717) is 0 Å². The Morgan fingerprint density at radius 3 is 2.02 bits per heavy atom. The number of hydrogen-bond acceptors (Lipinski definition) is 2. The zero-order valence-electron chi connectivity index (χ0n) is 28.4. The summed E-state index contributed by atoms with van der Waals surface area (Å²) >= 11 is 0. The van der Waals surface area contributed by atoms with Gasteiger partial charge in [-0.2, -0.15) is 0 Å². The molecule has 1 aliphatic rings. The van der Waals surface area contributed by atoms with Crippen LogP contribution < -0.4 is 0 Å². The van der Waals surface area contributed by atoms with E-state index in [1.165, 1.54) is 54.6 Å². The lowest BCUT2D eigenvalue weighted by molar-refractivity contribution is 1.02. The van der Waals surface area contributed by atoms with Crippen molar-refractivity contribution in [1.82, 2.24) is 19.1 Å². The maximum atomic E-state index is 5.44. The van der Waals surface area contributed by atoms with E-state index in [0.717, 1.165) is 57.5 Å². The summed E-state index contributed by atoms with van der Waals surface area (Å²) in [6.45, 7) is 0. The monoisotopic (exact) mass is 664 g/mol. The molecule has 10 aromatic rings. The third-order valence-electron chi connectivity index (χ3n) is 10.7. The average Bonchev–Trinajstić information content (AvgIpc) is 3.72. The number of benzene rings is 7. The minimum Gasteiger partial charge on any atom is -0.309 e. The van der Waals surface area contributed by atoms with Crippen LogP contribution >= 0.6 is 0 Å². The summed E-state index contributed by atoms with van der Waals surface area (Å²) in [4.78, 5) is 10.8. The summed E-state index contributed by atoms with van der Waals surface area (Å²) in [5.74, 6) is 0.819. The van der Waals surface area contributed by atoms with Crippen molar-refractivity contribution in [3.8, 4) is 28.2 Å². The van der Waals surface area contributed by atoms with Crippen LogP contribution in [0, 0.1) is 0 Å². The Morgan fingerprint density at radius 2 is 1.15 bits per heavy atom. The number of allylic oxidation sites excluding steroid dienone is 4. The van der Waals surface area contributed by atoms with E-state index in [2.05, 4.69) is 167 Å². The van der Waals surface area contributed by atoms with Crippen LogP contribution in [0.4, 0.5) is 0 Å². The molecule has 0 bridgehead atoms. The van der Waals surface area contributed by atoms with Crippen molar-refractivity contribution in [3.63, 3.8) is 0 Å². The molecule has 0 saturated heterocycles. The number of aromatic nitrogens is 4. The summed E-state index contributed by atoms with van der Waals surface area (Å²) in [5, 5.41) is 7.40. The van der Waals surface area contributed by atoms with Gasteiger partial charge in [0.1, 0.15) is 5.69 Å². The first kappa shape index (κ1) is 29.0. The van der Waals surface area contributed by atoms with Crippen LogP contribution in [0.2, 0.25) is 0 Å². The third-order valence-corrected chi connectivity index (χ3v) is 10.7. The summed E-state index contributed by atoms with van der Waals surface area (Å²) < 4.78 is 4.83. The molecule has 3 heterocycles. The lowest BCUT2D eigenvalue weighted by Gasteiger charge is -2.15. The molecule has 0 spiro atoms. The second kappa shape index (κ2) is 11.4. The minimum atomic E-state index is 0.819. The van der Waals surface area contributed by atoms with Crippen LogP contribution in [0.3, 0.4) is 0 Å². The van der Waals surface area contributed by atoms with Gasteiger partial charge in [-0.15, -0.1) is 0 Å². The van der Waals surface area contributed by atoms with Gasteiger partial charge < -0.3 is 4.57 Å². The lowest BCUT2D eigenvalue weighted by atomic mass is 10.0. The summed E-state index contributed by atoms with van der Waals surface area (Å²) in [5.41, 5.74) is 11.8. The molecule has 4 heteroatoms. The predicted molar refractivity (Wildman–Crippen MR) is 218 cm³/mol. The maximum Gasteiger partial charge on any atom is 0.165 e. The van der Waals surface area contributed by atoms with Crippen LogP contribution in [0.1, 0.15) is 12.8 Å². The molecule has 7 aromatic carbocycles. The van der Waals surface area contributed by atoms with Crippen molar-refractivity contribution >= 4 is 71.1 Å². The molecular formula is C48H32N4. The molecule has 0 amide bonds. The SMILES string of the molecule is C1=CC(n2c3cc4c(cc3c3ccc5ccccc5c32)c2ccccc2n4-c2nc3ccccc3nc2-c2cccc(-c3ccccc3)c2)=CCC1. The van der Waals surface area contributed by atoms with E-state index in [9.17, 15) is 0 Å². The predicted octanol–water partition coefficient (Wildman–Crippen LogP) is 12.5. The topological polar surface area (TPSA) is 35.6 Å². The van der Waals surface area contributed by atoms with Crippen LogP contribution in [0.5, 0.6) is 0 Å². The van der Waals surface area contributed by atoms with Gasteiger partial charge in [-0.05, 0) is 71.8 Å². The Morgan fingerprint density at radius 1 is 0.442 bits per heavy atom. The first-order valence-electron chi connectivity index (χ1n) is 18.0. The van der Waals surface area contributed by atoms with Gasteiger partial charge in [0.25, 0.3) is 0 Å². The van der Waals surface area contributed by atoms with Crippen molar-refractivity contribution in [3.05, 3.63) is 170 Å². The number of nitrogens with zero attached hydrogens (tertiary/aromatic N) is 4. The van der Waals surface area contributed by atoms with Crippen LogP contribution in [-0.4, -0.2) is 19.1 Å². The Kier molecular flexibility index (Phi) is 6.34. The lowest BCUT2D eigenvalue weighted by Crippen LogP contribution is -2.04. The fourth-order valence-corrected chi connectivity index (χ4v) is 8.32. The van der Waals surface area contributed by atoms with Gasteiger partial charge >= 0.3 is 0 Å². The first-order valence-corrected chi connectivity index (χ1v) is 18.0. The number of hydrogen-bond donors (Lipinski definition) is 0. The molecular weight excluding hydrogens is 633 g/mol. The standard InChI is InChI=1S/C48H32N4/c1-3-14-31(15-4-1)33-17-13-18-34(28-33)46-48(50-42-24-11-10-23-41(42)49-46)52-43-25-12-9-22-37(43)39-29-40-38-27-26-32-16-7-8-21-36(32)47(38)51(44(40)30-45(39)52)35-19-5-2-6-20-35/h1,3-5,7-30H,2,6H2. The van der Waals surface area contributed by atoms with Crippen molar-refractivity contribution in [1.29, 1.82) is 0 Å². The zero-order chi connectivity index (χ0) is 34.2. The molecule has 11 rings (SSSR count). The van der Waals surface area contributed by atoms with E-state index in [-0.39, 0.29) is 0 Å². The molecule has 0 unspecified atom stereocenters. The maximum absolute atomic E-state index is 5.44. The van der Waals surface area contributed by atoms with Crippen molar-refractivity contribution in [2.24, 2.45) is 0 Å². The summed E-state index contributed by atoms with van der Waals surface area (Å²) in [6, 6.07) is 54.3. The van der Waals surface area contributed by atoms with Gasteiger partial charge in [-0.25, -0.2) is 9.97 Å². The van der Waals surface area contributed by atoms with Crippen molar-refractivity contribution in [2.45, 2.75) is 12.8 Å². The fourth-order valence-electron chi connectivity index (χ4n) is 8.32. The van der Waals surface area contributed by atoms with E-state index in [1.807, 2.05) is 12.1 Å².